The minimum absolute atomic E-state index is 0.105. The maximum absolute atomic E-state index is 9.63. The summed E-state index contributed by atoms with van der Waals surface area (Å²) in [4.78, 5) is 4.90. The van der Waals surface area contributed by atoms with Crippen LogP contribution >= 0.6 is 0 Å². The van der Waals surface area contributed by atoms with E-state index in [0.29, 0.717) is 0 Å². The molecular weight excluding hydrogens is 276 g/mol. The molecule has 2 heterocycles. The van der Waals surface area contributed by atoms with Crippen molar-refractivity contribution in [2.75, 3.05) is 26.2 Å². The second-order valence-electron chi connectivity index (χ2n) is 6.78. The number of likely N-dealkylation sites (tertiary alicyclic amines) is 2. The molecule has 0 radical (unpaired) electrons. The molecule has 22 heavy (non-hydrogen) atoms. The van der Waals surface area contributed by atoms with Crippen molar-refractivity contribution < 1.29 is 10.2 Å². The number of aliphatic hydroxyl groups is 2. The lowest BCUT2D eigenvalue weighted by molar-refractivity contribution is 0.0758. The fourth-order valence-corrected chi connectivity index (χ4v) is 3.50. The Bertz CT molecular complexity index is 421. The van der Waals surface area contributed by atoms with Crippen LogP contribution in [0.1, 0.15) is 36.8 Å². The first-order chi connectivity index (χ1) is 10.7. The van der Waals surface area contributed by atoms with Gasteiger partial charge in [-0.1, -0.05) is 24.3 Å². The Balaban J connectivity index is 1.60. The van der Waals surface area contributed by atoms with Gasteiger partial charge in [-0.25, -0.2) is 0 Å². The molecule has 2 N–H and O–H groups in total. The first-order valence-corrected chi connectivity index (χ1v) is 8.58. The van der Waals surface area contributed by atoms with Crippen LogP contribution in [0.5, 0.6) is 0 Å². The lowest BCUT2D eigenvalue weighted by Crippen LogP contribution is -2.37. The first-order valence-electron chi connectivity index (χ1n) is 8.58. The van der Waals surface area contributed by atoms with Gasteiger partial charge in [0.05, 0.1) is 12.2 Å². The van der Waals surface area contributed by atoms with Crippen molar-refractivity contribution in [1.82, 2.24) is 9.80 Å². The molecule has 1 aromatic carbocycles. The Labute approximate surface area is 133 Å². The summed E-state index contributed by atoms with van der Waals surface area (Å²) in [6, 6.07) is 8.72. The van der Waals surface area contributed by atoms with E-state index in [1.165, 1.54) is 11.1 Å². The first kappa shape index (κ1) is 15.9. The van der Waals surface area contributed by atoms with Crippen LogP contribution in [0.2, 0.25) is 0 Å². The molecule has 0 amide bonds. The predicted octanol–water partition coefficient (Wildman–Crippen LogP) is 1.60. The van der Waals surface area contributed by atoms with Gasteiger partial charge in [0.2, 0.25) is 0 Å². The molecule has 0 atom stereocenters. The van der Waals surface area contributed by atoms with Gasteiger partial charge in [-0.2, -0.15) is 0 Å². The van der Waals surface area contributed by atoms with Crippen molar-refractivity contribution in [3.8, 4) is 0 Å². The molecule has 1 aromatic rings. The van der Waals surface area contributed by atoms with Crippen LogP contribution in [0.25, 0.3) is 0 Å². The Morgan fingerprint density at radius 2 is 1.09 bits per heavy atom. The van der Waals surface area contributed by atoms with E-state index in [1.807, 2.05) is 0 Å². The van der Waals surface area contributed by atoms with Crippen molar-refractivity contribution in [1.29, 1.82) is 0 Å². The molecule has 0 saturated carbocycles. The van der Waals surface area contributed by atoms with Gasteiger partial charge in [0.1, 0.15) is 0 Å². The molecule has 0 spiro atoms. The molecule has 4 heteroatoms. The molecule has 2 aliphatic rings. The summed E-state index contributed by atoms with van der Waals surface area (Å²) in [6.45, 7) is 5.94. The van der Waals surface area contributed by atoms with Crippen LogP contribution in [-0.4, -0.2) is 58.4 Å². The van der Waals surface area contributed by atoms with Gasteiger partial charge in [0, 0.05) is 39.3 Å². The maximum atomic E-state index is 9.63. The van der Waals surface area contributed by atoms with Gasteiger partial charge in [-0.05, 0) is 36.8 Å². The summed E-state index contributed by atoms with van der Waals surface area (Å²) in [5.74, 6) is 0. The highest BCUT2D eigenvalue weighted by molar-refractivity contribution is 5.27. The van der Waals surface area contributed by atoms with Crippen LogP contribution < -0.4 is 0 Å². The van der Waals surface area contributed by atoms with E-state index < -0.39 is 0 Å². The fourth-order valence-electron chi connectivity index (χ4n) is 3.50. The van der Waals surface area contributed by atoms with E-state index in [-0.39, 0.29) is 12.2 Å². The van der Waals surface area contributed by atoms with E-state index in [1.54, 1.807) is 0 Å². The Kier molecular flexibility index (Phi) is 5.47. The topological polar surface area (TPSA) is 46.9 Å². The van der Waals surface area contributed by atoms with E-state index >= 15 is 0 Å². The minimum Gasteiger partial charge on any atom is -0.393 e. The Morgan fingerprint density at radius 1 is 0.727 bits per heavy atom. The highest BCUT2D eigenvalue weighted by Gasteiger charge is 2.20. The number of piperidine rings is 2. The lowest BCUT2D eigenvalue weighted by atomic mass is 10.0. The smallest absolute Gasteiger partial charge is 0.0564 e. The van der Waals surface area contributed by atoms with E-state index in [0.717, 1.165) is 65.0 Å². The summed E-state index contributed by atoms with van der Waals surface area (Å²) in [5, 5.41) is 19.3. The molecule has 4 nitrogen and oxygen atoms in total. The van der Waals surface area contributed by atoms with Gasteiger partial charge in [-0.15, -0.1) is 0 Å². The van der Waals surface area contributed by atoms with E-state index in [4.69, 9.17) is 0 Å². The molecule has 2 fully saturated rings. The largest absolute Gasteiger partial charge is 0.393 e. The molecule has 2 saturated heterocycles. The summed E-state index contributed by atoms with van der Waals surface area (Å²) < 4.78 is 0. The highest BCUT2D eigenvalue weighted by Crippen LogP contribution is 2.19. The SMILES string of the molecule is OC1CCN(Cc2ccccc2CN2CCC(O)CC2)CC1. The minimum atomic E-state index is -0.105. The van der Waals surface area contributed by atoms with Crippen LogP contribution in [-0.2, 0) is 13.1 Å². The normalized spacial score (nSPS) is 23.0. The predicted molar refractivity (Wildman–Crippen MR) is 87.5 cm³/mol. The molecule has 0 aromatic heterocycles. The molecule has 3 rings (SSSR count). The number of benzene rings is 1. The van der Waals surface area contributed by atoms with Crippen molar-refractivity contribution in [2.45, 2.75) is 51.0 Å². The lowest BCUT2D eigenvalue weighted by Gasteiger charge is -2.32. The molecular formula is C18H28N2O2. The zero-order chi connectivity index (χ0) is 15.4. The van der Waals surface area contributed by atoms with Crippen molar-refractivity contribution in [3.63, 3.8) is 0 Å². The number of hydrogen-bond donors (Lipinski definition) is 2. The Morgan fingerprint density at radius 3 is 1.45 bits per heavy atom. The van der Waals surface area contributed by atoms with E-state index in [2.05, 4.69) is 34.1 Å². The van der Waals surface area contributed by atoms with Crippen LogP contribution in [0.4, 0.5) is 0 Å². The standard InChI is InChI=1S/C18H28N2O2/c21-17-5-9-19(10-6-17)13-15-3-1-2-4-16(15)14-20-11-7-18(22)8-12-20/h1-4,17-18,21-22H,5-14H2. The highest BCUT2D eigenvalue weighted by atomic mass is 16.3. The van der Waals surface area contributed by atoms with Crippen LogP contribution in [0.3, 0.4) is 0 Å². The fraction of sp³-hybridized carbons (Fsp3) is 0.667. The number of hydrogen-bond acceptors (Lipinski definition) is 4. The second-order valence-corrected chi connectivity index (χ2v) is 6.78. The van der Waals surface area contributed by atoms with Crippen molar-refractivity contribution in [2.24, 2.45) is 0 Å². The monoisotopic (exact) mass is 304 g/mol. The molecule has 2 aliphatic heterocycles. The van der Waals surface area contributed by atoms with Crippen molar-refractivity contribution >= 4 is 0 Å². The second kappa shape index (κ2) is 7.55. The van der Waals surface area contributed by atoms with Crippen LogP contribution in [0.15, 0.2) is 24.3 Å². The summed E-state index contributed by atoms with van der Waals surface area (Å²) in [6.07, 6.45) is 3.37. The average Bonchev–Trinajstić information content (AvgIpc) is 2.54. The molecule has 0 unspecified atom stereocenters. The summed E-state index contributed by atoms with van der Waals surface area (Å²) >= 11 is 0. The zero-order valence-corrected chi connectivity index (χ0v) is 13.3. The van der Waals surface area contributed by atoms with Gasteiger partial charge in [-0.3, -0.25) is 9.80 Å². The summed E-state index contributed by atoms with van der Waals surface area (Å²) in [7, 11) is 0. The number of aliphatic hydroxyl groups excluding tert-OH is 2. The van der Waals surface area contributed by atoms with Crippen molar-refractivity contribution in [3.05, 3.63) is 35.4 Å². The van der Waals surface area contributed by atoms with Gasteiger partial charge < -0.3 is 10.2 Å². The van der Waals surface area contributed by atoms with Gasteiger partial charge in [0.25, 0.3) is 0 Å². The molecule has 122 valence electrons. The quantitative estimate of drug-likeness (QED) is 0.887. The van der Waals surface area contributed by atoms with Gasteiger partial charge >= 0.3 is 0 Å². The third-order valence-corrected chi connectivity index (χ3v) is 5.02. The van der Waals surface area contributed by atoms with Gasteiger partial charge in [0.15, 0.2) is 0 Å². The number of rotatable bonds is 4. The van der Waals surface area contributed by atoms with E-state index in [9.17, 15) is 10.2 Å². The Hall–Kier alpha value is -0.940. The molecule has 0 aliphatic carbocycles. The summed E-state index contributed by atoms with van der Waals surface area (Å²) in [5.41, 5.74) is 2.81. The zero-order valence-electron chi connectivity index (χ0n) is 13.3. The molecule has 0 bridgehead atoms. The third-order valence-electron chi connectivity index (χ3n) is 5.02. The maximum Gasteiger partial charge on any atom is 0.0564 e. The third kappa shape index (κ3) is 4.29. The average molecular weight is 304 g/mol. The van der Waals surface area contributed by atoms with Crippen LogP contribution in [0, 0.1) is 0 Å². The number of nitrogens with zero attached hydrogens (tertiary/aromatic N) is 2.